The fourth-order valence-electron chi connectivity index (χ4n) is 6.25. The second-order valence-corrected chi connectivity index (χ2v) is 9.75. The third kappa shape index (κ3) is 2.23. The first-order chi connectivity index (χ1) is 15.6. The van der Waals surface area contributed by atoms with Gasteiger partial charge in [0.15, 0.2) is 0 Å². The van der Waals surface area contributed by atoms with Gasteiger partial charge in [0.2, 0.25) is 6.71 Å². The number of rotatable bonds is 1. The molecule has 0 unspecified atom stereocenters. The Morgan fingerprint density at radius 3 is 2.03 bits per heavy atom. The normalized spacial score (nSPS) is 14.8. The summed E-state index contributed by atoms with van der Waals surface area (Å²) in [4.78, 5) is 0. The smallest absolute Gasteiger partial charge is 0.0686 e. The summed E-state index contributed by atoms with van der Waals surface area (Å²) in [7, 11) is 0. The summed E-state index contributed by atoms with van der Waals surface area (Å²) in [6.07, 6.45) is 0. The van der Waals surface area contributed by atoms with Crippen molar-refractivity contribution in [3.8, 4) is 0 Å². The topological polar surface area (TPSA) is 0 Å². The van der Waals surface area contributed by atoms with Gasteiger partial charge in [-0.15, -0.1) is 0 Å². The van der Waals surface area contributed by atoms with Gasteiger partial charge in [-0.05, 0) is 49.5 Å². The summed E-state index contributed by atoms with van der Waals surface area (Å²) in [5.74, 6) is 0. The van der Waals surface area contributed by atoms with Crippen molar-refractivity contribution in [3.63, 3.8) is 0 Å². The van der Waals surface area contributed by atoms with E-state index in [1.807, 2.05) is 0 Å². The summed E-state index contributed by atoms with van der Waals surface area (Å²) in [5.41, 5.74) is 6.98. The SMILES string of the molecule is CC1(C)c2ccccc2B(c2ccccc2)c2ccc3ccc4cccc5cc1c2c3c45. The molecule has 150 valence electrons. The van der Waals surface area contributed by atoms with E-state index < -0.39 is 0 Å². The van der Waals surface area contributed by atoms with Gasteiger partial charge in [-0.25, -0.2) is 0 Å². The molecule has 1 heteroatoms. The highest BCUT2D eigenvalue weighted by Crippen LogP contribution is 2.43. The predicted octanol–water partition coefficient (Wildman–Crippen LogP) is 5.74. The fourth-order valence-corrected chi connectivity index (χ4v) is 6.25. The van der Waals surface area contributed by atoms with E-state index >= 15 is 0 Å². The zero-order chi connectivity index (χ0) is 21.4. The van der Waals surface area contributed by atoms with Crippen LogP contribution in [0.2, 0.25) is 0 Å². The van der Waals surface area contributed by atoms with Crippen molar-refractivity contribution >= 4 is 55.4 Å². The molecule has 0 spiro atoms. The molecular weight excluding hydrogens is 383 g/mol. The number of fused-ring (bicyclic) bond motifs is 1. The van der Waals surface area contributed by atoms with Gasteiger partial charge in [0, 0.05) is 5.41 Å². The minimum Gasteiger partial charge on any atom is -0.0686 e. The molecule has 7 rings (SSSR count). The van der Waals surface area contributed by atoms with Crippen LogP contribution in [0.25, 0.3) is 32.3 Å². The molecule has 6 aromatic carbocycles. The van der Waals surface area contributed by atoms with Gasteiger partial charge in [-0.1, -0.05) is 127 Å². The number of hydrogen-bond acceptors (Lipinski definition) is 0. The molecule has 0 saturated carbocycles. The van der Waals surface area contributed by atoms with Crippen molar-refractivity contribution in [3.05, 3.63) is 114 Å². The van der Waals surface area contributed by atoms with Crippen LogP contribution in [0.3, 0.4) is 0 Å². The van der Waals surface area contributed by atoms with Gasteiger partial charge >= 0.3 is 0 Å². The van der Waals surface area contributed by atoms with E-state index in [-0.39, 0.29) is 12.1 Å². The highest BCUT2D eigenvalue weighted by Gasteiger charge is 2.38. The first-order valence-electron chi connectivity index (χ1n) is 11.5. The molecule has 1 aliphatic rings. The number of benzene rings is 6. The lowest BCUT2D eigenvalue weighted by Gasteiger charge is -2.29. The van der Waals surface area contributed by atoms with Crippen LogP contribution in [-0.4, -0.2) is 6.71 Å². The quantitative estimate of drug-likeness (QED) is 0.241. The van der Waals surface area contributed by atoms with Gasteiger partial charge in [0.05, 0.1) is 0 Å². The Kier molecular flexibility index (Phi) is 3.51. The van der Waals surface area contributed by atoms with Gasteiger partial charge in [-0.2, -0.15) is 0 Å². The monoisotopic (exact) mass is 406 g/mol. The van der Waals surface area contributed by atoms with Crippen molar-refractivity contribution in [1.29, 1.82) is 0 Å². The minimum atomic E-state index is -0.0984. The summed E-state index contributed by atoms with van der Waals surface area (Å²) in [6, 6.07) is 38.6. The lowest BCUT2D eigenvalue weighted by molar-refractivity contribution is 0.653. The lowest BCUT2D eigenvalue weighted by Crippen LogP contribution is -2.53. The molecule has 32 heavy (non-hydrogen) atoms. The molecule has 0 atom stereocenters. The van der Waals surface area contributed by atoms with Crippen LogP contribution in [0, 0.1) is 0 Å². The van der Waals surface area contributed by atoms with Crippen molar-refractivity contribution in [2.24, 2.45) is 0 Å². The first-order valence-corrected chi connectivity index (χ1v) is 11.5. The molecule has 0 saturated heterocycles. The van der Waals surface area contributed by atoms with Gasteiger partial charge < -0.3 is 0 Å². The van der Waals surface area contributed by atoms with Crippen LogP contribution in [-0.2, 0) is 5.41 Å². The van der Waals surface area contributed by atoms with E-state index in [2.05, 4.69) is 117 Å². The highest BCUT2D eigenvalue weighted by atomic mass is 14.3. The average Bonchev–Trinajstić information content (AvgIpc) is 2.91. The fraction of sp³-hybridized carbons (Fsp3) is 0.0968. The average molecular weight is 406 g/mol. The Bertz CT molecular complexity index is 1640. The highest BCUT2D eigenvalue weighted by molar-refractivity contribution is 6.97. The zero-order valence-corrected chi connectivity index (χ0v) is 18.4. The van der Waals surface area contributed by atoms with Crippen LogP contribution in [0.15, 0.2) is 103 Å². The Balaban J connectivity index is 1.76. The second kappa shape index (κ2) is 6.23. The summed E-state index contributed by atoms with van der Waals surface area (Å²) < 4.78 is 0. The van der Waals surface area contributed by atoms with Gasteiger partial charge in [0.25, 0.3) is 0 Å². The molecule has 0 bridgehead atoms. The number of hydrogen-bond donors (Lipinski definition) is 0. The van der Waals surface area contributed by atoms with Crippen LogP contribution >= 0.6 is 0 Å². The molecule has 0 N–H and O–H groups in total. The molecule has 0 aliphatic carbocycles. The summed E-state index contributed by atoms with van der Waals surface area (Å²) >= 11 is 0. The van der Waals surface area contributed by atoms with Crippen LogP contribution in [0.5, 0.6) is 0 Å². The maximum atomic E-state index is 2.47. The maximum absolute atomic E-state index is 2.47. The molecule has 6 aromatic rings. The Morgan fingerprint density at radius 1 is 0.500 bits per heavy atom. The summed E-state index contributed by atoms with van der Waals surface area (Å²) in [5, 5.41) is 8.28. The largest absolute Gasteiger partial charge is 0.242 e. The van der Waals surface area contributed by atoms with Crippen LogP contribution in [0.4, 0.5) is 0 Å². The molecule has 1 heterocycles. The first kappa shape index (κ1) is 18.0. The Labute approximate surface area is 188 Å². The molecule has 1 aliphatic heterocycles. The minimum absolute atomic E-state index is 0.0984. The molecule has 0 radical (unpaired) electrons. The lowest BCUT2D eigenvalue weighted by atomic mass is 9.36. The standard InChI is InChI=1S/C31H23B/c1-31(2)24-13-6-7-14-26(24)32(23-11-4-3-5-12-23)27-18-17-21-16-15-20-9-8-10-22-19-25(31)30(27)29(21)28(20)22/h3-19H,1-2H3. The third-order valence-corrected chi connectivity index (χ3v) is 7.72. The second-order valence-electron chi connectivity index (χ2n) is 9.75. The van der Waals surface area contributed by atoms with E-state index in [1.54, 1.807) is 0 Å². The van der Waals surface area contributed by atoms with Crippen LogP contribution in [0.1, 0.15) is 25.0 Å². The van der Waals surface area contributed by atoms with Gasteiger partial charge in [0.1, 0.15) is 0 Å². The predicted molar refractivity (Wildman–Crippen MR) is 140 cm³/mol. The van der Waals surface area contributed by atoms with Crippen molar-refractivity contribution < 1.29 is 0 Å². The molecular formula is C31H23B. The molecule has 0 amide bonds. The van der Waals surface area contributed by atoms with E-state index in [0.717, 1.165) is 0 Å². The Hall–Kier alpha value is -3.58. The molecule has 0 nitrogen and oxygen atoms in total. The molecule has 0 aromatic heterocycles. The zero-order valence-electron chi connectivity index (χ0n) is 18.4. The van der Waals surface area contributed by atoms with Gasteiger partial charge in [-0.3, -0.25) is 0 Å². The van der Waals surface area contributed by atoms with E-state index in [0.29, 0.717) is 0 Å². The van der Waals surface area contributed by atoms with Crippen molar-refractivity contribution in [2.75, 3.05) is 0 Å². The Morgan fingerprint density at radius 2 is 1.19 bits per heavy atom. The maximum Gasteiger partial charge on any atom is 0.242 e. The molecule has 0 fully saturated rings. The van der Waals surface area contributed by atoms with Crippen molar-refractivity contribution in [1.82, 2.24) is 0 Å². The van der Waals surface area contributed by atoms with Crippen molar-refractivity contribution in [2.45, 2.75) is 19.3 Å². The summed E-state index contributed by atoms with van der Waals surface area (Å²) in [6.45, 7) is 5.03. The van der Waals surface area contributed by atoms with E-state index in [9.17, 15) is 0 Å². The van der Waals surface area contributed by atoms with Crippen LogP contribution < -0.4 is 16.4 Å². The third-order valence-electron chi connectivity index (χ3n) is 7.72. The van der Waals surface area contributed by atoms with E-state index in [1.165, 1.54) is 59.8 Å². The van der Waals surface area contributed by atoms with E-state index in [4.69, 9.17) is 0 Å².